The fraction of sp³-hybridized carbons (Fsp3) is 0.0476. The van der Waals surface area contributed by atoms with Gasteiger partial charge < -0.3 is 5.11 Å². The maximum Gasteiger partial charge on any atom is 0.105 e. The van der Waals surface area contributed by atoms with Crippen molar-refractivity contribution >= 4 is 43.1 Å². The normalized spacial score (nSPS) is 16.9. The van der Waals surface area contributed by atoms with Crippen molar-refractivity contribution in [3.05, 3.63) is 71.8 Å². The summed E-state index contributed by atoms with van der Waals surface area (Å²) >= 11 is 0. The molecule has 1 heteroatoms. The van der Waals surface area contributed by atoms with E-state index in [1.165, 1.54) is 43.1 Å². The van der Waals surface area contributed by atoms with Crippen molar-refractivity contribution in [2.24, 2.45) is 0 Å². The molecule has 5 aromatic carbocycles. The van der Waals surface area contributed by atoms with Gasteiger partial charge in [0.1, 0.15) is 6.10 Å². The summed E-state index contributed by atoms with van der Waals surface area (Å²) in [5, 5.41) is 20.9. The predicted molar refractivity (Wildman–Crippen MR) is 91.7 cm³/mol. The molecule has 6 rings (SSSR count). The molecule has 0 bridgehead atoms. The lowest BCUT2D eigenvalue weighted by Gasteiger charge is -2.13. The molecule has 0 saturated carbocycles. The summed E-state index contributed by atoms with van der Waals surface area (Å²) in [7, 11) is 0. The quantitative estimate of drug-likeness (QED) is 0.308. The van der Waals surface area contributed by atoms with Crippen LogP contribution in [0, 0.1) is 0 Å². The van der Waals surface area contributed by atoms with E-state index in [1.807, 2.05) is 6.07 Å². The minimum Gasteiger partial charge on any atom is -0.384 e. The van der Waals surface area contributed by atoms with Crippen LogP contribution in [-0.2, 0) is 0 Å². The number of hydrogen-bond donors (Lipinski definition) is 1. The first-order chi connectivity index (χ1) is 10.8. The lowest BCUT2D eigenvalue weighted by molar-refractivity contribution is 0.226. The largest absolute Gasteiger partial charge is 0.384 e. The smallest absolute Gasteiger partial charge is 0.105 e. The molecular formula is C21H12O. The molecule has 102 valence electrons. The van der Waals surface area contributed by atoms with Gasteiger partial charge in [0.2, 0.25) is 0 Å². The Labute approximate surface area is 126 Å². The highest BCUT2D eigenvalue weighted by Gasteiger charge is 2.27. The SMILES string of the molecule is OC1c2cccc3cc4ccc5cccc6cc1c(c23)c4c56. The van der Waals surface area contributed by atoms with Crippen molar-refractivity contribution in [1.29, 1.82) is 0 Å². The number of rotatable bonds is 0. The van der Waals surface area contributed by atoms with E-state index < -0.39 is 6.10 Å². The Kier molecular flexibility index (Phi) is 1.70. The third-order valence-corrected chi connectivity index (χ3v) is 5.24. The summed E-state index contributed by atoms with van der Waals surface area (Å²) in [6.07, 6.45) is -0.507. The highest BCUT2D eigenvalue weighted by atomic mass is 16.3. The highest BCUT2D eigenvalue weighted by Crippen LogP contribution is 2.49. The molecule has 0 spiro atoms. The monoisotopic (exact) mass is 280 g/mol. The van der Waals surface area contributed by atoms with Crippen molar-refractivity contribution in [2.45, 2.75) is 6.10 Å². The molecule has 0 saturated heterocycles. The van der Waals surface area contributed by atoms with E-state index in [4.69, 9.17) is 0 Å². The summed E-state index contributed by atoms with van der Waals surface area (Å²) in [5.41, 5.74) is 2.11. The Balaban J connectivity index is 2.09. The molecule has 0 aliphatic heterocycles. The van der Waals surface area contributed by atoms with Crippen LogP contribution in [0.15, 0.2) is 60.7 Å². The van der Waals surface area contributed by atoms with Crippen molar-refractivity contribution in [3.63, 3.8) is 0 Å². The van der Waals surface area contributed by atoms with Crippen molar-refractivity contribution in [2.75, 3.05) is 0 Å². The summed E-state index contributed by atoms with van der Waals surface area (Å²) in [5.74, 6) is 0. The molecule has 0 radical (unpaired) electrons. The molecular weight excluding hydrogens is 268 g/mol. The topological polar surface area (TPSA) is 20.2 Å². The number of aliphatic hydroxyl groups excluding tert-OH is 1. The van der Waals surface area contributed by atoms with Crippen LogP contribution < -0.4 is 0 Å². The van der Waals surface area contributed by atoms with Gasteiger partial charge in [-0.1, -0.05) is 48.5 Å². The molecule has 1 atom stereocenters. The van der Waals surface area contributed by atoms with Gasteiger partial charge in [-0.2, -0.15) is 0 Å². The molecule has 0 heterocycles. The summed E-state index contributed by atoms with van der Waals surface area (Å²) in [6, 6.07) is 21.5. The van der Waals surface area contributed by atoms with Crippen molar-refractivity contribution in [1.82, 2.24) is 0 Å². The second kappa shape index (κ2) is 3.40. The van der Waals surface area contributed by atoms with Crippen LogP contribution in [0.25, 0.3) is 43.1 Å². The zero-order valence-corrected chi connectivity index (χ0v) is 11.8. The van der Waals surface area contributed by atoms with Crippen molar-refractivity contribution in [3.8, 4) is 0 Å². The molecule has 22 heavy (non-hydrogen) atoms. The fourth-order valence-corrected chi connectivity index (χ4v) is 4.36. The maximum absolute atomic E-state index is 10.8. The van der Waals surface area contributed by atoms with E-state index in [-0.39, 0.29) is 0 Å². The average Bonchev–Trinajstić information content (AvgIpc) is 2.85. The van der Waals surface area contributed by atoms with Gasteiger partial charge in [0.15, 0.2) is 0 Å². The highest BCUT2D eigenvalue weighted by molar-refractivity contribution is 6.31. The third kappa shape index (κ3) is 1.06. The third-order valence-electron chi connectivity index (χ3n) is 5.24. The minimum atomic E-state index is -0.507. The Morgan fingerprint density at radius 1 is 0.545 bits per heavy atom. The first kappa shape index (κ1) is 11.0. The Bertz CT molecular complexity index is 1230. The van der Waals surface area contributed by atoms with Gasteiger partial charge in [0.25, 0.3) is 0 Å². The van der Waals surface area contributed by atoms with E-state index in [2.05, 4.69) is 54.6 Å². The van der Waals surface area contributed by atoms with Gasteiger partial charge >= 0.3 is 0 Å². The summed E-state index contributed by atoms with van der Waals surface area (Å²) in [4.78, 5) is 0. The average molecular weight is 280 g/mol. The minimum absolute atomic E-state index is 0.507. The van der Waals surface area contributed by atoms with Gasteiger partial charge in [0, 0.05) is 0 Å². The fourth-order valence-electron chi connectivity index (χ4n) is 4.36. The van der Waals surface area contributed by atoms with Crippen LogP contribution in [0.3, 0.4) is 0 Å². The number of benzene rings is 5. The molecule has 1 unspecified atom stereocenters. The second-order valence-electron chi connectivity index (χ2n) is 6.31. The summed E-state index contributed by atoms with van der Waals surface area (Å²) < 4.78 is 0. The molecule has 1 N–H and O–H groups in total. The Hall–Kier alpha value is -2.64. The van der Waals surface area contributed by atoms with E-state index in [9.17, 15) is 5.11 Å². The molecule has 0 aromatic heterocycles. The standard InChI is InChI=1S/C21H12O/c22-21-15-6-2-5-12-9-14-8-7-11-3-1-4-13-10-16(21)20(18(12)15)19(14)17(11)13/h1-10,21-22H. The van der Waals surface area contributed by atoms with Crippen LogP contribution >= 0.6 is 0 Å². The van der Waals surface area contributed by atoms with Crippen LogP contribution in [0.4, 0.5) is 0 Å². The van der Waals surface area contributed by atoms with Crippen LogP contribution in [0.5, 0.6) is 0 Å². The van der Waals surface area contributed by atoms with Crippen LogP contribution in [0.1, 0.15) is 17.2 Å². The van der Waals surface area contributed by atoms with Gasteiger partial charge in [-0.25, -0.2) is 0 Å². The molecule has 1 nitrogen and oxygen atoms in total. The summed E-state index contributed by atoms with van der Waals surface area (Å²) in [6.45, 7) is 0. The zero-order chi connectivity index (χ0) is 14.4. The van der Waals surface area contributed by atoms with E-state index in [0.29, 0.717) is 0 Å². The van der Waals surface area contributed by atoms with Crippen LogP contribution in [-0.4, -0.2) is 5.11 Å². The Morgan fingerprint density at radius 2 is 1.23 bits per heavy atom. The lowest BCUT2D eigenvalue weighted by atomic mass is 9.90. The Morgan fingerprint density at radius 3 is 2.14 bits per heavy atom. The molecule has 1 aliphatic carbocycles. The lowest BCUT2D eigenvalue weighted by Crippen LogP contribution is -1.94. The zero-order valence-electron chi connectivity index (χ0n) is 11.8. The van der Waals surface area contributed by atoms with E-state index in [1.54, 1.807) is 0 Å². The first-order valence-corrected chi connectivity index (χ1v) is 7.64. The maximum atomic E-state index is 10.8. The van der Waals surface area contributed by atoms with Gasteiger partial charge in [-0.3, -0.25) is 0 Å². The molecule has 0 fully saturated rings. The molecule has 0 amide bonds. The van der Waals surface area contributed by atoms with E-state index in [0.717, 1.165) is 11.1 Å². The molecule has 1 aliphatic rings. The van der Waals surface area contributed by atoms with E-state index >= 15 is 0 Å². The number of hydrogen-bond acceptors (Lipinski definition) is 1. The van der Waals surface area contributed by atoms with Gasteiger partial charge in [-0.05, 0) is 66.3 Å². The first-order valence-electron chi connectivity index (χ1n) is 7.64. The number of aliphatic hydroxyl groups is 1. The van der Waals surface area contributed by atoms with Crippen LogP contribution in [0.2, 0.25) is 0 Å². The second-order valence-corrected chi connectivity index (χ2v) is 6.31. The van der Waals surface area contributed by atoms with Gasteiger partial charge in [0.05, 0.1) is 0 Å². The molecule has 5 aromatic rings. The van der Waals surface area contributed by atoms with Crippen molar-refractivity contribution < 1.29 is 5.11 Å². The predicted octanol–water partition coefficient (Wildman–Crippen LogP) is 5.13. The van der Waals surface area contributed by atoms with Gasteiger partial charge in [-0.15, -0.1) is 0 Å².